The van der Waals surface area contributed by atoms with Gasteiger partial charge in [0.2, 0.25) is 5.78 Å². The summed E-state index contributed by atoms with van der Waals surface area (Å²) in [5.41, 5.74) is 1.58. The predicted molar refractivity (Wildman–Crippen MR) is 82.7 cm³/mol. The lowest BCUT2D eigenvalue weighted by atomic mass is 10.1. The maximum Gasteiger partial charge on any atom is 0.230 e. The van der Waals surface area contributed by atoms with Crippen molar-refractivity contribution in [2.24, 2.45) is 0 Å². The topological polar surface area (TPSA) is 47.8 Å². The third-order valence-electron chi connectivity index (χ3n) is 3.28. The highest BCUT2D eigenvalue weighted by atomic mass is 35.5. The molecule has 0 aliphatic heterocycles. The van der Waals surface area contributed by atoms with Crippen LogP contribution in [0.25, 0.3) is 10.9 Å². The highest BCUT2D eigenvalue weighted by molar-refractivity contribution is 6.34. The standard InChI is InChI=1S/C16H14ClN3O/c1-2-9-20-15(12(17)10-18-20)16(21)14-8-7-11-5-3-4-6-13(11)19-14/h3-8,10H,2,9H2,1H3. The lowest BCUT2D eigenvalue weighted by molar-refractivity contribution is 0.102. The molecule has 0 amide bonds. The van der Waals surface area contributed by atoms with Crippen LogP contribution in [0.3, 0.4) is 0 Å². The van der Waals surface area contributed by atoms with Crippen molar-refractivity contribution in [3.63, 3.8) is 0 Å². The largest absolute Gasteiger partial charge is 0.285 e. The maximum atomic E-state index is 12.7. The fourth-order valence-corrected chi connectivity index (χ4v) is 2.51. The number of para-hydroxylation sites is 1. The van der Waals surface area contributed by atoms with Crippen LogP contribution >= 0.6 is 11.6 Å². The lowest BCUT2D eigenvalue weighted by Gasteiger charge is -2.06. The van der Waals surface area contributed by atoms with E-state index in [9.17, 15) is 4.79 Å². The molecular formula is C16H14ClN3O. The summed E-state index contributed by atoms with van der Waals surface area (Å²) >= 11 is 6.11. The zero-order valence-corrected chi connectivity index (χ0v) is 12.3. The van der Waals surface area contributed by atoms with E-state index in [1.54, 1.807) is 10.7 Å². The molecule has 2 aromatic heterocycles. The number of ketones is 1. The van der Waals surface area contributed by atoms with Crippen LogP contribution in [0.15, 0.2) is 42.6 Å². The number of pyridine rings is 1. The molecule has 1 aromatic carbocycles. The number of aryl methyl sites for hydroxylation is 1. The van der Waals surface area contributed by atoms with E-state index in [2.05, 4.69) is 10.1 Å². The number of carbonyl (C=O) groups is 1. The van der Waals surface area contributed by atoms with Gasteiger partial charge in [0.15, 0.2) is 0 Å². The Bertz CT molecular complexity index is 810. The van der Waals surface area contributed by atoms with Crippen molar-refractivity contribution in [3.05, 3.63) is 59.0 Å². The van der Waals surface area contributed by atoms with Crippen molar-refractivity contribution in [3.8, 4) is 0 Å². The van der Waals surface area contributed by atoms with Crippen molar-refractivity contribution in [1.82, 2.24) is 14.8 Å². The molecule has 0 bridgehead atoms. The van der Waals surface area contributed by atoms with E-state index in [0.717, 1.165) is 17.3 Å². The molecule has 0 aliphatic rings. The summed E-state index contributed by atoms with van der Waals surface area (Å²) in [7, 11) is 0. The average molecular weight is 300 g/mol. The van der Waals surface area contributed by atoms with Crippen LogP contribution in [0.4, 0.5) is 0 Å². The highest BCUT2D eigenvalue weighted by Crippen LogP contribution is 2.20. The zero-order chi connectivity index (χ0) is 14.8. The fraction of sp³-hybridized carbons (Fsp3) is 0.188. The molecule has 3 rings (SSSR count). The second kappa shape index (κ2) is 5.66. The molecule has 106 valence electrons. The summed E-state index contributed by atoms with van der Waals surface area (Å²) in [6, 6.07) is 11.3. The van der Waals surface area contributed by atoms with Gasteiger partial charge >= 0.3 is 0 Å². The second-order valence-electron chi connectivity index (χ2n) is 4.78. The predicted octanol–water partition coefficient (Wildman–Crippen LogP) is 3.73. The van der Waals surface area contributed by atoms with Gasteiger partial charge in [-0.2, -0.15) is 5.10 Å². The summed E-state index contributed by atoms with van der Waals surface area (Å²) in [5.74, 6) is -0.197. The van der Waals surface area contributed by atoms with Crippen LogP contribution in [0.5, 0.6) is 0 Å². The Morgan fingerprint density at radius 2 is 2.05 bits per heavy atom. The second-order valence-corrected chi connectivity index (χ2v) is 5.19. The molecule has 0 aliphatic carbocycles. The number of nitrogens with zero attached hydrogens (tertiary/aromatic N) is 3. The molecule has 0 unspecified atom stereocenters. The summed E-state index contributed by atoms with van der Waals surface area (Å²) < 4.78 is 1.64. The highest BCUT2D eigenvalue weighted by Gasteiger charge is 2.20. The fourth-order valence-electron chi connectivity index (χ4n) is 2.28. The number of benzene rings is 1. The molecular weight excluding hydrogens is 286 g/mol. The van der Waals surface area contributed by atoms with Crippen molar-refractivity contribution in [2.75, 3.05) is 0 Å². The molecule has 0 saturated carbocycles. The number of carbonyl (C=O) groups excluding carboxylic acids is 1. The van der Waals surface area contributed by atoms with E-state index in [0.29, 0.717) is 23.0 Å². The minimum Gasteiger partial charge on any atom is -0.285 e. The number of hydrogen-bond donors (Lipinski definition) is 0. The maximum absolute atomic E-state index is 12.7. The van der Waals surface area contributed by atoms with Gasteiger partial charge in [0.25, 0.3) is 0 Å². The number of hydrogen-bond acceptors (Lipinski definition) is 3. The lowest BCUT2D eigenvalue weighted by Crippen LogP contribution is -2.13. The number of aromatic nitrogens is 3. The molecule has 0 N–H and O–H groups in total. The van der Waals surface area contributed by atoms with Gasteiger partial charge < -0.3 is 0 Å². The Kier molecular flexibility index (Phi) is 3.71. The summed E-state index contributed by atoms with van der Waals surface area (Å²) in [5, 5.41) is 5.52. The van der Waals surface area contributed by atoms with Gasteiger partial charge in [-0.1, -0.05) is 42.8 Å². The first-order valence-electron chi connectivity index (χ1n) is 6.82. The monoisotopic (exact) mass is 299 g/mol. The molecule has 0 atom stereocenters. The minimum atomic E-state index is -0.197. The van der Waals surface area contributed by atoms with Gasteiger partial charge in [0, 0.05) is 11.9 Å². The van der Waals surface area contributed by atoms with Crippen LogP contribution in [0.2, 0.25) is 5.02 Å². The van der Waals surface area contributed by atoms with E-state index in [1.807, 2.05) is 37.3 Å². The average Bonchev–Trinajstić information content (AvgIpc) is 2.87. The SMILES string of the molecule is CCCn1ncc(Cl)c1C(=O)c1ccc2ccccc2n1. The Balaban J connectivity index is 2.06. The Labute approximate surface area is 127 Å². The van der Waals surface area contributed by atoms with E-state index >= 15 is 0 Å². The zero-order valence-electron chi connectivity index (χ0n) is 11.6. The van der Waals surface area contributed by atoms with E-state index in [1.165, 1.54) is 6.20 Å². The first-order valence-corrected chi connectivity index (χ1v) is 7.20. The van der Waals surface area contributed by atoms with Gasteiger partial charge in [0.1, 0.15) is 11.4 Å². The number of halogens is 1. The Hall–Kier alpha value is -2.20. The van der Waals surface area contributed by atoms with Crippen LogP contribution in [0.1, 0.15) is 29.5 Å². The molecule has 4 nitrogen and oxygen atoms in total. The molecule has 0 fully saturated rings. The first-order chi connectivity index (χ1) is 10.2. The normalized spacial score (nSPS) is 11.0. The van der Waals surface area contributed by atoms with Crippen molar-refractivity contribution in [2.45, 2.75) is 19.9 Å². The molecule has 0 saturated heterocycles. The van der Waals surface area contributed by atoms with Gasteiger partial charge in [-0.3, -0.25) is 9.48 Å². The number of fused-ring (bicyclic) bond motifs is 1. The van der Waals surface area contributed by atoms with Crippen molar-refractivity contribution >= 4 is 28.3 Å². The molecule has 5 heteroatoms. The Morgan fingerprint density at radius 1 is 1.24 bits per heavy atom. The third kappa shape index (κ3) is 2.54. The summed E-state index contributed by atoms with van der Waals surface area (Å²) in [6.45, 7) is 2.68. The molecule has 2 heterocycles. The summed E-state index contributed by atoms with van der Waals surface area (Å²) in [6.07, 6.45) is 2.38. The van der Waals surface area contributed by atoms with E-state index in [-0.39, 0.29) is 5.78 Å². The van der Waals surface area contributed by atoms with Crippen LogP contribution in [-0.4, -0.2) is 20.5 Å². The number of rotatable bonds is 4. The third-order valence-corrected chi connectivity index (χ3v) is 3.55. The van der Waals surface area contributed by atoms with E-state index in [4.69, 9.17) is 11.6 Å². The van der Waals surface area contributed by atoms with Gasteiger partial charge in [0.05, 0.1) is 16.7 Å². The molecule has 21 heavy (non-hydrogen) atoms. The van der Waals surface area contributed by atoms with Crippen LogP contribution < -0.4 is 0 Å². The summed E-state index contributed by atoms with van der Waals surface area (Å²) in [4.78, 5) is 17.1. The van der Waals surface area contributed by atoms with Crippen molar-refractivity contribution < 1.29 is 4.79 Å². The van der Waals surface area contributed by atoms with Crippen LogP contribution in [-0.2, 0) is 6.54 Å². The molecule has 3 aromatic rings. The van der Waals surface area contributed by atoms with Gasteiger partial charge in [-0.25, -0.2) is 4.98 Å². The van der Waals surface area contributed by atoms with E-state index < -0.39 is 0 Å². The Morgan fingerprint density at radius 3 is 2.86 bits per heavy atom. The molecule has 0 spiro atoms. The van der Waals surface area contributed by atoms with Gasteiger partial charge in [-0.05, 0) is 18.6 Å². The minimum absolute atomic E-state index is 0.197. The smallest absolute Gasteiger partial charge is 0.230 e. The van der Waals surface area contributed by atoms with Gasteiger partial charge in [-0.15, -0.1) is 0 Å². The molecule has 0 radical (unpaired) electrons. The van der Waals surface area contributed by atoms with Crippen LogP contribution in [0, 0.1) is 0 Å². The first kappa shape index (κ1) is 13.8. The van der Waals surface area contributed by atoms with Crippen molar-refractivity contribution in [1.29, 1.82) is 0 Å². The quantitative estimate of drug-likeness (QED) is 0.690.